The standard InChI is InChI=1S/C14H18O/c1-10-4-6-11(7-5-10)12-8-9-13(15)14(12,2)3/h4-7,12H,8-9H2,1-3H3. The molecule has 0 heterocycles. The zero-order valence-electron chi connectivity index (χ0n) is 9.71. The number of rotatable bonds is 1. The Labute approximate surface area is 91.5 Å². The zero-order valence-corrected chi connectivity index (χ0v) is 9.71. The molecule has 0 N–H and O–H groups in total. The first kappa shape index (κ1) is 10.4. The molecule has 1 atom stereocenters. The van der Waals surface area contributed by atoms with E-state index in [1.807, 2.05) is 0 Å². The average Bonchev–Trinajstić information content (AvgIpc) is 2.44. The van der Waals surface area contributed by atoms with Crippen LogP contribution >= 0.6 is 0 Å². The molecule has 1 aromatic carbocycles. The molecule has 0 radical (unpaired) electrons. The third kappa shape index (κ3) is 1.71. The molecular weight excluding hydrogens is 184 g/mol. The molecule has 1 fully saturated rings. The summed E-state index contributed by atoms with van der Waals surface area (Å²) in [4.78, 5) is 11.7. The number of hydrogen-bond acceptors (Lipinski definition) is 1. The van der Waals surface area contributed by atoms with E-state index in [1.165, 1.54) is 11.1 Å². The third-order valence-electron chi connectivity index (χ3n) is 3.73. The fraction of sp³-hybridized carbons (Fsp3) is 0.500. The molecule has 1 aromatic rings. The summed E-state index contributed by atoms with van der Waals surface area (Å²) in [5, 5.41) is 0. The van der Waals surface area contributed by atoms with E-state index in [0.29, 0.717) is 11.7 Å². The van der Waals surface area contributed by atoms with Gasteiger partial charge in [0.2, 0.25) is 0 Å². The monoisotopic (exact) mass is 202 g/mol. The first-order valence-electron chi connectivity index (χ1n) is 5.61. The Balaban J connectivity index is 2.32. The lowest BCUT2D eigenvalue weighted by atomic mass is 9.77. The molecule has 2 rings (SSSR count). The molecule has 0 bridgehead atoms. The smallest absolute Gasteiger partial charge is 0.139 e. The summed E-state index contributed by atoms with van der Waals surface area (Å²) < 4.78 is 0. The number of hydrogen-bond donors (Lipinski definition) is 0. The van der Waals surface area contributed by atoms with Crippen LogP contribution in [0.25, 0.3) is 0 Å². The molecule has 0 saturated heterocycles. The average molecular weight is 202 g/mol. The Kier molecular flexibility index (Phi) is 2.41. The topological polar surface area (TPSA) is 17.1 Å². The SMILES string of the molecule is Cc1ccc(C2CCC(=O)C2(C)C)cc1. The Morgan fingerprint density at radius 2 is 1.80 bits per heavy atom. The van der Waals surface area contributed by atoms with E-state index in [2.05, 4.69) is 45.0 Å². The summed E-state index contributed by atoms with van der Waals surface area (Å²) in [6, 6.07) is 8.60. The summed E-state index contributed by atoms with van der Waals surface area (Å²) in [5.74, 6) is 0.818. The summed E-state index contributed by atoms with van der Waals surface area (Å²) in [7, 11) is 0. The van der Waals surface area contributed by atoms with E-state index in [1.54, 1.807) is 0 Å². The first-order chi connectivity index (χ1) is 7.01. The van der Waals surface area contributed by atoms with Crippen molar-refractivity contribution in [2.45, 2.75) is 39.5 Å². The first-order valence-corrected chi connectivity index (χ1v) is 5.61. The Hall–Kier alpha value is -1.11. The van der Waals surface area contributed by atoms with E-state index in [4.69, 9.17) is 0 Å². The predicted octanol–water partition coefficient (Wildman–Crippen LogP) is 3.47. The Morgan fingerprint density at radius 1 is 1.20 bits per heavy atom. The minimum absolute atomic E-state index is 0.171. The van der Waals surface area contributed by atoms with E-state index >= 15 is 0 Å². The van der Waals surface area contributed by atoms with Gasteiger partial charge in [-0.3, -0.25) is 4.79 Å². The highest BCUT2D eigenvalue weighted by Gasteiger charge is 2.42. The number of ketones is 1. The number of benzene rings is 1. The molecule has 0 aliphatic heterocycles. The van der Waals surface area contributed by atoms with Crippen LogP contribution in [-0.2, 0) is 4.79 Å². The van der Waals surface area contributed by atoms with Crippen LogP contribution in [0.15, 0.2) is 24.3 Å². The highest BCUT2D eigenvalue weighted by atomic mass is 16.1. The van der Waals surface area contributed by atoms with Gasteiger partial charge in [-0.1, -0.05) is 43.7 Å². The number of Topliss-reactive ketones (excluding diaryl/α,β-unsaturated/α-hetero) is 1. The lowest BCUT2D eigenvalue weighted by molar-refractivity contribution is -0.124. The maximum Gasteiger partial charge on any atom is 0.139 e. The van der Waals surface area contributed by atoms with Gasteiger partial charge in [-0.05, 0) is 24.8 Å². The van der Waals surface area contributed by atoms with Gasteiger partial charge >= 0.3 is 0 Å². The van der Waals surface area contributed by atoms with Crippen molar-refractivity contribution in [1.29, 1.82) is 0 Å². The maximum absolute atomic E-state index is 11.7. The predicted molar refractivity (Wildman–Crippen MR) is 61.9 cm³/mol. The van der Waals surface area contributed by atoms with Crippen molar-refractivity contribution in [2.24, 2.45) is 5.41 Å². The summed E-state index contributed by atoms with van der Waals surface area (Å²) in [5.41, 5.74) is 2.42. The van der Waals surface area contributed by atoms with Crippen LogP contribution < -0.4 is 0 Å². The van der Waals surface area contributed by atoms with Crippen LogP contribution in [0.1, 0.15) is 43.7 Å². The van der Waals surface area contributed by atoms with Crippen LogP contribution in [-0.4, -0.2) is 5.78 Å². The highest BCUT2D eigenvalue weighted by molar-refractivity contribution is 5.87. The van der Waals surface area contributed by atoms with Gasteiger partial charge in [0.25, 0.3) is 0 Å². The van der Waals surface area contributed by atoms with Gasteiger partial charge in [0, 0.05) is 11.8 Å². The molecule has 1 nitrogen and oxygen atoms in total. The molecule has 1 aliphatic carbocycles. The fourth-order valence-corrected chi connectivity index (χ4v) is 2.53. The second-order valence-corrected chi connectivity index (χ2v) is 5.15. The zero-order chi connectivity index (χ0) is 11.1. The quantitative estimate of drug-likeness (QED) is 0.681. The van der Waals surface area contributed by atoms with Crippen LogP contribution in [0.2, 0.25) is 0 Å². The van der Waals surface area contributed by atoms with E-state index in [0.717, 1.165) is 12.8 Å². The van der Waals surface area contributed by atoms with E-state index < -0.39 is 0 Å². The third-order valence-corrected chi connectivity index (χ3v) is 3.73. The maximum atomic E-state index is 11.7. The van der Waals surface area contributed by atoms with Gasteiger partial charge in [0.05, 0.1) is 0 Å². The Bertz CT molecular complexity index is 373. The molecule has 1 heteroatoms. The number of aryl methyl sites for hydroxylation is 1. The van der Waals surface area contributed by atoms with Gasteiger partial charge in [0.15, 0.2) is 0 Å². The molecule has 15 heavy (non-hydrogen) atoms. The van der Waals surface area contributed by atoms with Crippen molar-refractivity contribution >= 4 is 5.78 Å². The normalized spacial score (nSPS) is 24.5. The van der Waals surface area contributed by atoms with Crippen molar-refractivity contribution < 1.29 is 4.79 Å². The summed E-state index contributed by atoms with van der Waals surface area (Å²) >= 11 is 0. The fourth-order valence-electron chi connectivity index (χ4n) is 2.53. The lowest BCUT2D eigenvalue weighted by Crippen LogP contribution is -2.23. The van der Waals surface area contributed by atoms with E-state index in [-0.39, 0.29) is 5.41 Å². The molecule has 0 amide bonds. The van der Waals surface area contributed by atoms with Crippen LogP contribution in [0.5, 0.6) is 0 Å². The van der Waals surface area contributed by atoms with Gasteiger partial charge < -0.3 is 0 Å². The van der Waals surface area contributed by atoms with Gasteiger partial charge in [0.1, 0.15) is 5.78 Å². The van der Waals surface area contributed by atoms with Crippen molar-refractivity contribution in [1.82, 2.24) is 0 Å². The van der Waals surface area contributed by atoms with Gasteiger partial charge in [-0.25, -0.2) is 0 Å². The highest BCUT2D eigenvalue weighted by Crippen LogP contribution is 2.46. The Morgan fingerprint density at radius 3 is 2.27 bits per heavy atom. The van der Waals surface area contributed by atoms with Gasteiger partial charge in [-0.2, -0.15) is 0 Å². The van der Waals surface area contributed by atoms with Crippen LogP contribution in [0.4, 0.5) is 0 Å². The second kappa shape index (κ2) is 3.48. The molecular formula is C14H18O. The molecule has 1 unspecified atom stereocenters. The lowest BCUT2D eigenvalue weighted by Gasteiger charge is -2.25. The van der Waals surface area contributed by atoms with Crippen molar-refractivity contribution in [2.75, 3.05) is 0 Å². The molecule has 1 saturated carbocycles. The molecule has 0 aromatic heterocycles. The largest absolute Gasteiger partial charge is 0.299 e. The number of carbonyl (C=O) groups excluding carboxylic acids is 1. The molecule has 1 aliphatic rings. The van der Waals surface area contributed by atoms with E-state index in [9.17, 15) is 4.79 Å². The minimum Gasteiger partial charge on any atom is -0.299 e. The van der Waals surface area contributed by atoms with Crippen molar-refractivity contribution in [3.63, 3.8) is 0 Å². The second-order valence-electron chi connectivity index (χ2n) is 5.15. The van der Waals surface area contributed by atoms with Gasteiger partial charge in [-0.15, -0.1) is 0 Å². The number of carbonyl (C=O) groups is 1. The summed E-state index contributed by atoms with van der Waals surface area (Å²) in [6.07, 6.45) is 1.75. The van der Waals surface area contributed by atoms with Crippen molar-refractivity contribution in [3.8, 4) is 0 Å². The molecule has 80 valence electrons. The minimum atomic E-state index is -0.171. The van der Waals surface area contributed by atoms with Crippen molar-refractivity contribution in [3.05, 3.63) is 35.4 Å². The molecule has 0 spiro atoms. The van der Waals surface area contributed by atoms with Crippen LogP contribution in [0, 0.1) is 12.3 Å². The summed E-state index contributed by atoms with van der Waals surface area (Å²) in [6.45, 7) is 6.24. The van der Waals surface area contributed by atoms with Crippen LogP contribution in [0.3, 0.4) is 0 Å².